The third-order valence-electron chi connectivity index (χ3n) is 4.89. The highest BCUT2D eigenvalue weighted by molar-refractivity contribution is 5.78. The number of nitrogens with one attached hydrogen (secondary N) is 1. The first-order chi connectivity index (χ1) is 12.5. The van der Waals surface area contributed by atoms with Gasteiger partial charge in [-0.1, -0.05) is 35.9 Å². The number of carbonyl (C=O) groups excluding carboxylic acids is 2. The minimum absolute atomic E-state index is 0.0472. The van der Waals surface area contributed by atoms with Gasteiger partial charge in [0, 0.05) is 44.2 Å². The Balaban J connectivity index is 1.67. The van der Waals surface area contributed by atoms with E-state index in [1.54, 1.807) is 6.20 Å². The molecule has 5 heteroatoms. The Kier molecular flexibility index (Phi) is 5.66. The summed E-state index contributed by atoms with van der Waals surface area (Å²) >= 11 is 0. The standard InChI is InChI=1S/C21H25N3O2/c1-15-6-8-17(9-7-15)19-13-24(14-20(19)23-16(2)25)21(26)11-10-18-5-3-4-12-22-18/h3-9,12,19-20H,10-11,13-14H2,1-2H3,(H,23,25). The number of amides is 2. The summed E-state index contributed by atoms with van der Waals surface area (Å²) in [7, 11) is 0. The molecule has 0 aliphatic carbocycles. The fourth-order valence-electron chi connectivity index (χ4n) is 3.51. The average Bonchev–Trinajstić information content (AvgIpc) is 3.04. The quantitative estimate of drug-likeness (QED) is 0.900. The number of hydrogen-bond donors (Lipinski definition) is 1. The molecule has 1 aromatic heterocycles. The van der Waals surface area contributed by atoms with Gasteiger partial charge in [0.15, 0.2) is 0 Å². The van der Waals surface area contributed by atoms with Crippen molar-refractivity contribution < 1.29 is 9.59 Å². The maximum Gasteiger partial charge on any atom is 0.223 e. The molecule has 0 saturated carbocycles. The zero-order valence-corrected chi connectivity index (χ0v) is 15.3. The minimum Gasteiger partial charge on any atom is -0.351 e. The molecule has 1 saturated heterocycles. The molecule has 2 heterocycles. The van der Waals surface area contributed by atoms with Gasteiger partial charge in [0.25, 0.3) is 0 Å². The summed E-state index contributed by atoms with van der Waals surface area (Å²) in [4.78, 5) is 30.4. The van der Waals surface area contributed by atoms with E-state index in [0.717, 1.165) is 11.3 Å². The van der Waals surface area contributed by atoms with Crippen LogP contribution in [-0.2, 0) is 16.0 Å². The van der Waals surface area contributed by atoms with Crippen molar-refractivity contribution in [1.82, 2.24) is 15.2 Å². The summed E-state index contributed by atoms with van der Waals surface area (Å²) in [5.74, 6) is 0.175. The third kappa shape index (κ3) is 4.48. The highest BCUT2D eigenvalue weighted by Gasteiger charge is 2.36. The largest absolute Gasteiger partial charge is 0.351 e. The molecular weight excluding hydrogens is 326 g/mol. The van der Waals surface area contributed by atoms with Gasteiger partial charge in [-0.25, -0.2) is 0 Å². The Morgan fingerprint density at radius 3 is 2.58 bits per heavy atom. The van der Waals surface area contributed by atoms with Crippen molar-refractivity contribution in [1.29, 1.82) is 0 Å². The van der Waals surface area contributed by atoms with Crippen LogP contribution in [-0.4, -0.2) is 40.8 Å². The van der Waals surface area contributed by atoms with Gasteiger partial charge in [0.1, 0.15) is 0 Å². The number of rotatable bonds is 5. The number of hydrogen-bond acceptors (Lipinski definition) is 3. The maximum atomic E-state index is 12.7. The van der Waals surface area contributed by atoms with E-state index in [1.807, 2.05) is 23.1 Å². The van der Waals surface area contributed by atoms with Crippen LogP contribution in [0.5, 0.6) is 0 Å². The van der Waals surface area contributed by atoms with Gasteiger partial charge < -0.3 is 10.2 Å². The van der Waals surface area contributed by atoms with E-state index in [4.69, 9.17) is 0 Å². The van der Waals surface area contributed by atoms with Crippen LogP contribution in [0.3, 0.4) is 0 Å². The second-order valence-corrected chi connectivity index (χ2v) is 6.94. The molecule has 1 aliphatic heterocycles. The van der Waals surface area contributed by atoms with Crippen molar-refractivity contribution in [3.8, 4) is 0 Å². The first kappa shape index (κ1) is 18.1. The van der Waals surface area contributed by atoms with Crippen molar-refractivity contribution in [2.24, 2.45) is 0 Å². The van der Waals surface area contributed by atoms with Gasteiger partial charge in [-0.2, -0.15) is 0 Å². The molecule has 26 heavy (non-hydrogen) atoms. The molecule has 1 fully saturated rings. The number of benzene rings is 1. The second-order valence-electron chi connectivity index (χ2n) is 6.94. The third-order valence-corrected chi connectivity index (χ3v) is 4.89. The predicted molar refractivity (Wildman–Crippen MR) is 101 cm³/mol. The predicted octanol–water partition coefficient (Wildman–Crippen LogP) is 2.45. The van der Waals surface area contributed by atoms with Gasteiger partial charge in [0.2, 0.25) is 11.8 Å². The highest BCUT2D eigenvalue weighted by atomic mass is 16.2. The van der Waals surface area contributed by atoms with Crippen LogP contribution in [0.15, 0.2) is 48.7 Å². The van der Waals surface area contributed by atoms with Crippen LogP contribution in [0.25, 0.3) is 0 Å². The summed E-state index contributed by atoms with van der Waals surface area (Å²) in [5.41, 5.74) is 3.29. The van der Waals surface area contributed by atoms with E-state index in [1.165, 1.54) is 12.5 Å². The smallest absolute Gasteiger partial charge is 0.223 e. The Morgan fingerprint density at radius 1 is 1.15 bits per heavy atom. The second kappa shape index (κ2) is 8.13. The first-order valence-corrected chi connectivity index (χ1v) is 9.04. The molecule has 2 aromatic rings. The molecule has 5 nitrogen and oxygen atoms in total. The fourth-order valence-corrected chi connectivity index (χ4v) is 3.51. The number of carbonyl (C=O) groups is 2. The SMILES string of the molecule is CC(=O)NC1CN(C(=O)CCc2ccccn2)CC1c1ccc(C)cc1. The van der Waals surface area contributed by atoms with Gasteiger partial charge in [-0.15, -0.1) is 0 Å². The van der Waals surface area contributed by atoms with E-state index in [2.05, 4.69) is 41.5 Å². The number of aromatic nitrogens is 1. The van der Waals surface area contributed by atoms with E-state index < -0.39 is 0 Å². The summed E-state index contributed by atoms with van der Waals surface area (Å²) < 4.78 is 0. The minimum atomic E-state index is -0.0603. The fraction of sp³-hybridized carbons (Fsp3) is 0.381. The van der Waals surface area contributed by atoms with E-state index in [9.17, 15) is 9.59 Å². The molecule has 0 bridgehead atoms. The Morgan fingerprint density at radius 2 is 1.92 bits per heavy atom. The molecule has 0 spiro atoms. The summed E-state index contributed by atoms with van der Waals surface area (Å²) in [5, 5.41) is 3.02. The molecule has 0 radical (unpaired) electrons. The van der Waals surface area contributed by atoms with E-state index in [0.29, 0.717) is 25.9 Å². The monoisotopic (exact) mass is 351 g/mol. The Labute approximate surface area is 154 Å². The van der Waals surface area contributed by atoms with Crippen molar-refractivity contribution in [2.75, 3.05) is 13.1 Å². The van der Waals surface area contributed by atoms with Crippen LogP contribution in [0.2, 0.25) is 0 Å². The lowest BCUT2D eigenvalue weighted by Gasteiger charge is -2.19. The lowest BCUT2D eigenvalue weighted by atomic mass is 9.93. The van der Waals surface area contributed by atoms with Gasteiger partial charge in [-0.3, -0.25) is 14.6 Å². The lowest BCUT2D eigenvalue weighted by Crippen LogP contribution is -2.39. The Bertz CT molecular complexity index is 759. The van der Waals surface area contributed by atoms with E-state index >= 15 is 0 Å². The van der Waals surface area contributed by atoms with Crippen molar-refractivity contribution >= 4 is 11.8 Å². The number of pyridine rings is 1. The van der Waals surface area contributed by atoms with Crippen molar-refractivity contribution in [2.45, 2.75) is 38.6 Å². The Hall–Kier alpha value is -2.69. The zero-order valence-electron chi connectivity index (χ0n) is 15.3. The van der Waals surface area contributed by atoms with Crippen LogP contribution in [0.4, 0.5) is 0 Å². The van der Waals surface area contributed by atoms with Gasteiger partial charge in [0.05, 0.1) is 6.04 Å². The molecule has 1 aromatic carbocycles. The number of likely N-dealkylation sites (tertiary alicyclic amines) is 1. The summed E-state index contributed by atoms with van der Waals surface area (Å²) in [6, 6.07) is 14.0. The van der Waals surface area contributed by atoms with Crippen LogP contribution in [0.1, 0.15) is 36.1 Å². The highest BCUT2D eigenvalue weighted by Crippen LogP contribution is 2.28. The molecule has 2 amide bonds. The maximum absolute atomic E-state index is 12.7. The molecule has 1 aliphatic rings. The lowest BCUT2D eigenvalue weighted by molar-refractivity contribution is -0.130. The first-order valence-electron chi connectivity index (χ1n) is 9.04. The van der Waals surface area contributed by atoms with Crippen LogP contribution in [0, 0.1) is 6.92 Å². The molecular formula is C21H25N3O2. The topological polar surface area (TPSA) is 62.3 Å². The molecule has 1 N–H and O–H groups in total. The average molecular weight is 351 g/mol. The summed E-state index contributed by atoms with van der Waals surface area (Å²) in [6.07, 6.45) is 2.82. The molecule has 2 atom stereocenters. The normalized spacial score (nSPS) is 19.4. The number of nitrogens with zero attached hydrogens (tertiary/aromatic N) is 2. The zero-order chi connectivity index (χ0) is 18.5. The summed E-state index contributed by atoms with van der Waals surface area (Å²) in [6.45, 7) is 4.77. The molecule has 136 valence electrons. The van der Waals surface area contributed by atoms with Crippen molar-refractivity contribution in [3.05, 3.63) is 65.5 Å². The van der Waals surface area contributed by atoms with Gasteiger partial charge >= 0.3 is 0 Å². The van der Waals surface area contributed by atoms with Crippen LogP contribution < -0.4 is 5.32 Å². The van der Waals surface area contributed by atoms with Gasteiger partial charge in [-0.05, 0) is 31.0 Å². The van der Waals surface area contributed by atoms with Crippen LogP contribution >= 0.6 is 0 Å². The molecule has 2 unspecified atom stereocenters. The molecule has 3 rings (SSSR count). The van der Waals surface area contributed by atoms with E-state index in [-0.39, 0.29) is 23.8 Å². The van der Waals surface area contributed by atoms with Crippen molar-refractivity contribution in [3.63, 3.8) is 0 Å². The number of aryl methyl sites for hydroxylation is 2.